The molecule has 0 aliphatic carbocycles. The van der Waals surface area contributed by atoms with Crippen LogP contribution in [0.5, 0.6) is 0 Å². The van der Waals surface area contributed by atoms with Gasteiger partial charge in [-0.05, 0) is 43.6 Å². The van der Waals surface area contributed by atoms with E-state index in [1.165, 1.54) is 13.1 Å². The van der Waals surface area contributed by atoms with E-state index in [9.17, 15) is 9.59 Å². The molecule has 9 heteroatoms. The number of morpholine rings is 1. The molecule has 1 aliphatic rings. The van der Waals surface area contributed by atoms with Gasteiger partial charge in [0.25, 0.3) is 0 Å². The van der Waals surface area contributed by atoms with Crippen LogP contribution in [-0.4, -0.2) is 49.1 Å². The number of pyridine rings is 1. The second kappa shape index (κ2) is 8.71. The van der Waals surface area contributed by atoms with Crippen molar-refractivity contribution in [1.82, 2.24) is 4.98 Å². The number of hydrogen-bond donors (Lipinski definition) is 0. The van der Waals surface area contributed by atoms with Crippen LogP contribution in [-0.2, 0) is 14.2 Å². The SMILES string of the molecule is C=C(C)OC(=O)N(C(=O)OC(C)(C)C)c1cc(N2CCOCC2)c(Br)cn1. The van der Waals surface area contributed by atoms with Crippen LogP contribution >= 0.6 is 15.9 Å². The molecule has 1 aromatic rings. The number of anilines is 2. The maximum atomic E-state index is 12.6. The molecule has 1 aromatic heterocycles. The number of carbonyl (C=O) groups is 2. The van der Waals surface area contributed by atoms with Crippen molar-refractivity contribution in [2.75, 3.05) is 36.1 Å². The third-order valence-corrected chi connectivity index (χ3v) is 4.03. The number of carbonyl (C=O) groups excluding carboxylic acids is 2. The first-order chi connectivity index (χ1) is 12.6. The topological polar surface area (TPSA) is 81.2 Å². The highest BCUT2D eigenvalue weighted by Crippen LogP contribution is 2.31. The maximum absolute atomic E-state index is 12.6. The number of nitrogens with zero attached hydrogens (tertiary/aromatic N) is 3. The van der Waals surface area contributed by atoms with Crippen LogP contribution in [0, 0.1) is 0 Å². The second-order valence-electron chi connectivity index (χ2n) is 6.98. The van der Waals surface area contributed by atoms with Gasteiger partial charge in [0.1, 0.15) is 5.60 Å². The highest BCUT2D eigenvalue weighted by atomic mass is 79.9. The third kappa shape index (κ3) is 5.93. The molecule has 27 heavy (non-hydrogen) atoms. The Morgan fingerprint density at radius 2 is 1.93 bits per heavy atom. The fraction of sp³-hybridized carbons (Fsp3) is 0.500. The lowest BCUT2D eigenvalue weighted by atomic mass is 10.2. The highest BCUT2D eigenvalue weighted by Gasteiger charge is 2.32. The molecule has 2 amide bonds. The molecule has 0 N–H and O–H groups in total. The molecule has 1 aliphatic heterocycles. The van der Waals surface area contributed by atoms with Crippen molar-refractivity contribution in [2.45, 2.75) is 33.3 Å². The molecule has 0 unspecified atom stereocenters. The average Bonchev–Trinajstić information content (AvgIpc) is 2.55. The van der Waals surface area contributed by atoms with Crippen molar-refractivity contribution in [2.24, 2.45) is 0 Å². The molecule has 0 radical (unpaired) electrons. The van der Waals surface area contributed by atoms with E-state index < -0.39 is 17.8 Å². The summed E-state index contributed by atoms with van der Waals surface area (Å²) in [5.74, 6) is 0.249. The Morgan fingerprint density at radius 1 is 1.30 bits per heavy atom. The van der Waals surface area contributed by atoms with Crippen LogP contribution in [0.4, 0.5) is 21.1 Å². The lowest BCUT2D eigenvalue weighted by Gasteiger charge is -2.30. The van der Waals surface area contributed by atoms with Crippen LogP contribution in [0.15, 0.2) is 29.1 Å². The average molecular weight is 442 g/mol. The van der Waals surface area contributed by atoms with Crippen LogP contribution in [0.1, 0.15) is 27.7 Å². The third-order valence-electron chi connectivity index (χ3n) is 3.42. The predicted octanol–water partition coefficient (Wildman–Crippen LogP) is 4.09. The van der Waals surface area contributed by atoms with Gasteiger partial charge in [0.15, 0.2) is 5.82 Å². The first kappa shape index (κ1) is 21.2. The van der Waals surface area contributed by atoms with Gasteiger partial charge in [0.2, 0.25) is 0 Å². The number of allylic oxidation sites excluding steroid dienone is 1. The molecule has 0 aromatic carbocycles. The molecular formula is C18H24BrN3O5. The number of rotatable bonds is 3. The minimum absolute atomic E-state index is 0.0974. The molecule has 2 heterocycles. The summed E-state index contributed by atoms with van der Waals surface area (Å²) in [5, 5.41) is 0. The van der Waals surface area contributed by atoms with Gasteiger partial charge in [0.05, 0.1) is 29.1 Å². The van der Waals surface area contributed by atoms with Gasteiger partial charge in [-0.15, -0.1) is 0 Å². The first-order valence-electron chi connectivity index (χ1n) is 8.47. The molecular weight excluding hydrogens is 418 g/mol. The summed E-state index contributed by atoms with van der Waals surface area (Å²) >= 11 is 3.47. The molecule has 8 nitrogen and oxygen atoms in total. The van der Waals surface area contributed by atoms with Gasteiger partial charge in [-0.25, -0.2) is 14.6 Å². The largest absolute Gasteiger partial charge is 0.443 e. The van der Waals surface area contributed by atoms with E-state index in [4.69, 9.17) is 14.2 Å². The van der Waals surface area contributed by atoms with Gasteiger partial charge in [-0.3, -0.25) is 0 Å². The molecule has 2 rings (SSSR count). The molecule has 0 atom stereocenters. The summed E-state index contributed by atoms with van der Waals surface area (Å²) in [6.45, 7) is 12.7. The number of amides is 2. The van der Waals surface area contributed by atoms with E-state index in [-0.39, 0.29) is 11.6 Å². The smallest absolute Gasteiger partial charge is 0.430 e. The lowest BCUT2D eigenvalue weighted by molar-refractivity contribution is 0.0576. The van der Waals surface area contributed by atoms with Crippen molar-refractivity contribution in [3.8, 4) is 0 Å². The van der Waals surface area contributed by atoms with Gasteiger partial charge in [-0.2, -0.15) is 4.90 Å². The number of ether oxygens (including phenoxy) is 3. The molecule has 1 saturated heterocycles. The zero-order chi connectivity index (χ0) is 20.2. The summed E-state index contributed by atoms with van der Waals surface area (Å²) < 4.78 is 16.5. The molecule has 148 valence electrons. The Morgan fingerprint density at radius 3 is 2.48 bits per heavy atom. The summed E-state index contributed by atoms with van der Waals surface area (Å²) in [4.78, 5) is 32.2. The lowest BCUT2D eigenvalue weighted by Crippen LogP contribution is -2.42. The Bertz CT molecular complexity index is 726. The number of aromatic nitrogens is 1. The fourth-order valence-corrected chi connectivity index (χ4v) is 2.82. The Kier molecular flexibility index (Phi) is 6.83. The van der Waals surface area contributed by atoms with E-state index in [0.717, 1.165) is 15.1 Å². The summed E-state index contributed by atoms with van der Waals surface area (Å²) in [6, 6.07) is 1.64. The van der Waals surface area contributed by atoms with Crippen molar-refractivity contribution >= 4 is 39.6 Å². The quantitative estimate of drug-likeness (QED) is 0.653. The van der Waals surface area contributed by atoms with Gasteiger partial charge >= 0.3 is 12.2 Å². The zero-order valence-electron chi connectivity index (χ0n) is 16.0. The summed E-state index contributed by atoms with van der Waals surface area (Å²) in [6.07, 6.45) is -0.276. The van der Waals surface area contributed by atoms with E-state index in [0.29, 0.717) is 26.3 Å². The van der Waals surface area contributed by atoms with E-state index in [1.807, 2.05) is 0 Å². The van der Waals surface area contributed by atoms with Gasteiger partial charge in [0, 0.05) is 25.4 Å². The first-order valence-corrected chi connectivity index (χ1v) is 9.26. The maximum Gasteiger partial charge on any atom is 0.430 e. The zero-order valence-corrected chi connectivity index (χ0v) is 17.5. The van der Waals surface area contributed by atoms with E-state index in [2.05, 4.69) is 32.4 Å². The van der Waals surface area contributed by atoms with Crippen molar-refractivity contribution in [3.05, 3.63) is 29.1 Å². The molecule has 0 spiro atoms. The summed E-state index contributed by atoms with van der Waals surface area (Å²) in [7, 11) is 0. The van der Waals surface area contributed by atoms with Crippen molar-refractivity contribution < 1.29 is 23.8 Å². The van der Waals surface area contributed by atoms with E-state index >= 15 is 0 Å². The van der Waals surface area contributed by atoms with Crippen LogP contribution in [0.3, 0.4) is 0 Å². The van der Waals surface area contributed by atoms with Crippen molar-refractivity contribution in [1.29, 1.82) is 0 Å². The minimum atomic E-state index is -0.931. The second-order valence-corrected chi connectivity index (χ2v) is 7.83. The Labute approximate surface area is 167 Å². The predicted molar refractivity (Wildman–Crippen MR) is 105 cm³/mol. The Hall–Kier alpha value is -2.13. The standard InChI is InChI=1S/C18H24BrN3O5/c1-12(2)26-16(23)22(17(24)27-18(3,4)5)15-10-14(13(19)11-20-15)21-6-8-25-9-7-21/h10-11H,1,6-9H2,2-5H3. The normalized spacial score (nSPS) is 14.5. The number of imide groups is 1. The monoisotopic (exact) mass is 441 g/mol. The number of hydrogen-bond acceptors (Lipinski definition) is 7. The number of halogens is 1. The molecule has 0 saturated carbocycles. The van der Waals surface area contributed by atoms with Crippen LogP contribution in [0.2, 0.25) is 0 Å². The Balaban J connectivity index is 2.40. The summed E-state index contributed by atoms with van der Waals surface area (Å²) in [5.41, 5.74) is 0.00121. The van der Waals surface area contributed by atoms with Gasteiger partial charge in [-0.1, -0.05) is 6.58 Å². The van der Waals surface area contributed by atoms with Crippen molar-refractivity contribution in [3.63, 3.8) is 0 Å². The minimum Gasteiger partial charge on any atom is -0.443 e. The molecule has 1 fully saturated rings. The van der Waals surface area contributed by atoms with Gasteiger partial charge < -0.3 is 19.1 Å². The van der Waals surface area contributed by atoms with Crippen LogP contribution < -0.4 is 9.80 Å². The van der Waals surface area contributed by atoms with E-state index in [1.54, 1.807) is 26.8 Å². The highest BCUT2D eigenvalue weighted by molar-refractivity contribution is 9.10. The molecule has 0 bridgehead atoms. The fourth-order valence-electron chi connectivity index (χ4n) is 2.35. The van der Waals surface area contributed by atoms with Crippen LogP contribution in [0.25, 0.3) is 0 Å².